The molecule has 2 aromatic carbocycles. The van der Waals surface area contributed by atoms with Crippen LogP contribution in [0.15, 0.2) is 48.5 Å². The number of benzene rings is 2. The summed E-state index contributed by atoms with van der Waals surface area (Å²) in [6, 6.07) is 16.1. The van der Waals surface area contributed by atoms with E-state index >= 15 is 0 Å². The quantitative estimate of drug-likeness (QED) is 0.793. The molecule has 3 rings (SSSR count). The topological polar surface area (TPSA) is 52.5 Å². The Bertz CT molecular complexity index is 592. The lowest BCUT2D eigenvalue weighted by atomic mass is 10.0. The van der Waals surface area contributed by atoms with E-state index in [0.717, 1.165) is 19.3 Å². The van der Waals surface area contributed by atoms with E-state index in [1.165, 1.54) is 24.0 Å². The summed E-state index contributed by atoms with van der Waals surface area (Å²) in [5, 5.41) is 22.3. The van der Waals surface area contributed by atoms with Crippen molar-refractivity contribution in [1.82, 2.24) is 5.32 Å². The van der Waals surface area contributed by atoms with Gasteiger partial charge in [0, 0.05) is 12.1 Å². The molecule has 2 atom stereocenters. The fraction of sp³-hybridized carbons (Fsp3) is 0.368. The first kappa shape index (κ1) is 14.9. The van der Waals surface area contributed by atoms with Crippen LogP contribution in [0, 0.1) is 0 Å². The summed E-state index contributed by atoms with van der Waals surface area (Å²) in [4.78, 5) is 0. The average molecular weight is 297 g/mol. The van der Waals surface area contributed by atoms with Crippen molar-refractivity contribution in [3.63, 3.8) is 0 Å². The number of aryl methyl sites for hydroxylation is 1. The number of phenolic OH excluding ortho intramolecular Hbond substituents is 2. The van der Waals surface area contributed by atoms with Crippen LogP contribution in [-0.2, 0) is 12.8 Å². The molecule has 2 unspecified atom stereocenters. The van der Waals surface area contributed by atoms with Gasteiger partial charge in [0.05, 0.1) is 0 Å². The highest BCUT2D eigenvalue weighted by atomic mass is 16.3. The average Bonchev–Trinajstić information content (AvgIpc) is 2.97. The van der Waals surface area contributed by atoms with Crippen LogP contribution in [0.3, 0.4) is 0 Å². The standard InChI is InChI=1S/C19H23NO2/c21-18-9-2-14(3-10-18)1-6-16-7-8-17(20-16)13-15-4-11-19(22)12-5-15/h2-5,9-12,16-17,20-22H,1,6-8,13H2. The molecule has 3 N–H and O–H groups in total. The minimum absolute atomic E-state index is 0.329. The van der Waals surface area contributed by atoms with Gasteiger partial charge in [-0.25, -0.2) is 0 Å². The van der Waals surface area contributed by atoms with E-state index in [-0.39, 0.29) is 0 Å². The maximum atomic E-state index is 9.32. The summed E-state index contributed by atoms with van der Waals surface area (Å²) in [6.07, 6.45) is 5.64. The largest absolute Gasteiger partial charge is 0.508 e. The first-order valence-electron chi connectivity index (χ1n) is 8.01. The molecule has 1 aliphatic rings. The highest BCUT2D eigenvalue weighted by Gasteiger charge is 2.23. The van der Waals surface area contributed by atoms with Gasteiger partial charge < -0.3 is 15.5 Å². The molecular weight excluding hydrogens is 274 g/mol. The second-order valence-electron chi connectivity index (χ2n) is 6.21. The summed E-state index contributed by atoms with van der Waals surface area (Å²) < 4.78 is 0. The van der Waals surface area contributed by atoms with Crippen molar-refractivity contribution in [1.29, 1.82) is 0 Å². The molecule has 3 heteroatoms. The molecule has 116 valence electrons. The van der Waals surface area contributed by atoms with E-state index in [4.69, 9.17) is 0 Å². The van der Waals surface area contributed by atoms with Crippen molar-refractivity contribution in [3.8, 4) is 11.5 Å². The van der Waals surface area contributed by atoms with E-state index in [0.29, 0.717) is 23.6 Å². The Morgan fingerprint density at radius 3 is 1.95 bits per heavy atom. The fourth-order valence-corrected chi connectivity index (χ4v) is 3.21. The molecule has 1 saturated heterocycles. The molecule has 1 fully saturated rings. The molecule has 0 amide bonds. The van der Waals surface area contributed by atoms with Crippen molar-refractivity contribution < 1.29 is 10.2 Å². The van der Waals surface area contributed by atoms with E-state index in [1.54, 1.807) is 24.3 Å². The molecule has 2 aromatic rings. The van der Waals surface area contributed by atoms with Crippen molar-refractivity contribution in [2.75, 3.05) is 0 Å². The fourth-order valence-electron chi connectivity index (χ4n) is 3.21. The van der Waals surface area contributed by atoms with Gasteiger partial charge in [-0.15, -0.1) is 0 Å². The smallest absolute Gasteiger partial charge is 0.115 e. The van der Waals surface area contributed by atoms with Crippen LogP contribution in [0.4, 0.5) is 0 Å². The monoisotopic (exact) mass is 297 g/mol. The summed E-state index contributed by atoms with van der Waals surface area (Å²) in [7, 11) is 0. The van der Waals surface area contributed by atoms with Crippen LogP contribution in [0.2, 0.25) is 0 Å². The van der Waals surface area contributed by atoms with Crippen molar-refractivity contribution in [2.45, 2.75) is 44.2 Å². The first-order chi connectivity index (χ1) is 10.7. The van der Waals surface area contributed by atoms with Gasteiger partial charge in [0.1, 0.15) is 11.5 Å². The molecule has 0 spiro atoms. The normalized spacial score (nSPS) is 21.1. The van der Waals surface area contributed by atoms with E-state index < -0.39 is 0 Å². The summed E-state index contributed by atoms with van der Waals surface area (Å²) in [5.74, 6) is 0.659. The van der Waals surface area contributed by atoms with Crippen LogP contribution in [0.5, 0.6) is 11.5 Å². The molecule has 0 bridgehead atoms. The Hall–Kier alpha value is -2.00. The Morgan fingerprint density at radius 2 is 1.32 bits per heavy atom. The van der Waals surface area contributed by atoms with Gasteiger partial charge in [-0.2, -0.15) is 0 Å². The number of rotatable bonds is 5. The van der Waals surface area contributed by atoms with E-state index in [1.807, 2.05) is 24.3 Å². The number of aromatic hydroxyl groups is 2. The van der Waals surface area contributed by atoms with Crippen LogP contribution in [0.1, 0.15) is 30.4 Å². The lowest BCUT2D eigenvalue weighted by Crippen LogP contribution is -2.31. The van der Waals surface area contributed by atoms with Crippen molar-refractivity contribution >= 4 is 0 Å². The molecule has 1 heterocycles. The minimum atomic E-state index is 0.329. The first-order valence-corrected chi connectivity index (χ1v) is 8.01. The molecule has 1 aliphatic heterocycles. The number of phenols is 2. The molecule has 0 aliphatic carbocycles. The third kappa shape index (κ3) is 4.01. The lowest BCUT2D eigenvalue weighted by Gasteiger charge is -2.14. The molecule has 0 aromatic heterocycles. The molecule has 22 heavy (non-hydrogen) atoms. The third-order valence-electron chi connectivity index (χ3n) is 4.47. The summed E-state index contributed by atoms with van der Waals surface area (Å²) in [6.45, 7) is 0. The Morgan fingerprint density at radius 1 is 0.773 bits per heavy atom. The second-order valence-corrected chi connectivity index (χ2v) is 6.21. The van der Waals surface area contributed by atoms with Gasteiger partial charge in [-0.1, -0.05) is 24.3 Å². The van der Waals surface area contributed by atoms with Crippen molar-refractivity contribution in [2.24, 2.45) is 0 Å². The molecule has 0 saturated carbocycles. The maximum Gasteiger partial charge on any atom is 0.115 e. The maximum absolute atomic E-state index is 9.32. The van der Waals surface area contributed by atoms with Crippen molar-refractivity contribution in [3.05, 3.63) is 59.7 Å². The summed E-state index contributed by atoms with van der Waals surface area (Å²) in [5.41, 5.74) is 2.55. The van der Waals surface area contributed by atoms with Crippen LogP contribution in [-0.4, -0.2) is 22.3 Å². The van der Waals surface area contributed by atoms with Crippen LogP contribution < -0.4 is 5.32 Å². The van der Waals surface area contributed by atoms with Gasteiger partial charge in [-0.05, 0) is 67.5 Å². The number of hydrogen-bond acceptors (Lipinski definition) is 3. The highest BCUT2D eigenvalue weighted by molar-refractivity contribution is 5.27. The van der Waals surface area contributed by atoms with Gasteiger partial charge in [0.15, 0.2) is 0 Å². The zero-order valence-electron chi connectivity index (χ0n) is 12.7. The Kier molecular flexibility index (Phi) is 4.64. The Labute approximate surface area is 131 Å². The highest BCUT2D eigenvalue weighted by Crippen LogP contribution is 2.21. The lowest BCUT2D eigenvalue weighted by molar-refractivity contribution is 0.473. The van der Waals surface area contributed by atoms with Gasteiger partial charge >= 0.3 is 0 Å². The zero-order valence-corrected chi connectivity index (χ0v) is 12.7. The number of hydrogen-bond donors (Lipinski definition) is 3. The molecule has 0 radical (unpaired) electrons. The van der Waals surface area contributed by atoms with Gasteiger partial charge in [0.2, 0.25) is 0 Å². The molecular formula is C19H23NO2. The van der Waals surface area contributed by atoms with Gasteiger partial charge in [0.25, 0.3) is 0 Å². The second kappa shape index (κ2) is 6.84. The SMILES string of the molecule is Oc1ccc(CCC2CCC(Cc3ccc(O)cc3)N2)cc1. The van der Waals surface area contributed by atoms with E-state index in [2.05, 4.69) is 5.32 Å². The van der Waals surface area contributed by atoms with Crippen LogP contribution >= 0.6 is 0 Å². The number of nitrogens with one attached hydrogen (secondary N) is 1. The summed E-state index contributed by atoms with van der Waals surface area (Å²) >= 11 is 0. The predicted octanol–water partition coefficient (Wildman–Crippen LogP) is 3.39. The molecule has 3 nitrogen and oxygen atoms in total. The van der Waals surface area contributed by atoms with E-state index in [9.17, 15) is 10.2 Å². The van der Waals surface area contributed by atoms with Gasteiger partial charge in [-0.3, -0.25) is 0 Å². The Balaban J connectivity index is 1.45. The predicted molar refractivity (Wildman–Crippen MR) is 88.2 cm³/mol. The minimum Gasteiger partial charge on any atom is -0.508 e. The zero-order chi connectivity index (χ0) is 15.4. The van der Waals surface area contributed by atoms with Crippen LogP contribution in [0.25, 0.3) is 0 Å². The third-order valence-corrected chi connectivity index (χ3v) is 4.47.